The van der Waals surface area contributed by atoms with Gasteiger partial charge < -0.3 is 15.5 Å². The van der Waals surface area contributed by atoms with Crippen LogP contribution in [0.1, 0.15) is 30.5 Å². The van der Waals surface area contributed by atoms with E-state index in [0.29, 0.717) is 12.2 Å². The Morgan fingerprint density at radius 1 is 0.962 bits per heavy atom. The van der Waals surface area contributed by atoms with Crippen LogP contribution in [0, 0.1) is 13.8 Å². The van der Waals surface area contributed by atoms with Crippen molar-refractivity contribution in [3.63, 3.8) is 0 Å². The van der Waals surface area contributed by atoms with Crippen LogP contribution in [0.4, 0.5) is 11.4 Å². The first-order chi connectivity index (χ1) is 12.4. The Kier molecular flexibility index (Phi) is 6.78. The van der Waals surface area contributed by atoms with Gasteiger partial charge in [0.2, 0.25) is 0 Å². The fraction of sp³-hybridized carbons (Fsp3) is 0.333. The van der Waals surface area contributed by atoms with Gasteiger partial charge in [-0.1, -0.05) is 29.8 Å². The van der Waals surface area contributed by atoms with Crippen molar-refractivity contribution in [2.45, 2.75) is 34.2 Å². The maximum Gasteiger partial charge on any atom is 0.313 e. The Hall–Kier alpha value is -2.82. The van der Waals surface area contributed by atoms with E-state index in [1.807, 2.05) is 56.3 Å². The zero-order valence-electron chi connectivity index (χ0n) is 15.9. The third-order valence-corrected chi connectivity index (χ3v) is 4.33. The molecular weight excluding hydrogens is 326 g/mol. The minimum absolute atomic E-state index is 0.327. The lowest BCUT2D eigenvalue weighted by atomic mass is 10.1. The summed E-state index contributed by atoms with van der Waals surface area (Å²) in [5.41, 5.74) is 4.76. The van der Waals surface area contributed by atoms with Gasteiger partial charge in [0.05, 0.1) is 0 Å². The number of aryl methyl sites for hydroxylation is 2. The Bertz CT molecular complexity index is 783. The molecule has 26 heavy (non-hydrogen) atoms. The molecule has 0 spiro atoms. The molecular formula is C21H27N3O2. The van der Waals surface area contributed by atoms with Gasteiger partial charge in [0.1, 0.15) is 0 Å². The molecule has 5 heteroatoms. The average Bonchev–Trinajstić information content (AvgIpc) is 2.63. The van der Waals surface area contributed by atoms with Crippen LogP contribution in [-0.2, 0) is 16.1 Å². The molecule has 2 aromatic carbocycles. The molecule has 0 aromatic heterocycles. The Labute approximate surface area is 155 Å². The smallest absolute Gasteiger partial charge is 0.313 e. The minimum Gasteiger partial charge on any atom is -0.372 e. The Balaban J connectivity index is 1.97. The van der Waals surface area contributed by atoms with Gasteiger partial charge in [0.25, 0.3) is 0 Å². The maximum atomic E-state index is 12.2. The molecule has 2 N–H and O–H groups in total. The van der Waals surface area contributed by atoms with Crippen molar-refractivity contribution in [2.75, 3.05) is 23.3 Å². The zero-order chi connectivity index (χ0) is 19.1. The molecule has 0 aliphatic rings. The van der Waals surface area contributed by atoms with Gasteiger partial charge in [-0.25, -0.2) is 0 Å². The van der Waals surface area contributed by atoms with E-state index in [1.54, 1.807) is 0 Å². The standard InChI is InChI=1S/C21H27N3O2/c1-5-24(6-2)18-10-11-19(16(4)13-18)23-21(26)20(25)22-14-17-9-7-8-15(3)12-17/h7-13H,5-6,14H2,1-4H3,(H,22,25)(H,23,26). The quantitative estimate of drug-likeness (QED) is 0.783. The highest BCUT2D eigenvalue weighted by molar-refractivity contribution is 6.39. The number of hydrogen-bond acceptors (Lipinski definition) is 3. The van der Waals surface area contributed by atoms with Gasteiger partial charge in [-0.3, -0.25) is 9.59 Å². The number of hydrogen-bond donors (Lipinski definition) is 2. The summed E-state index contributed by atoms with van der Waals surface area (Å²) in [6.07, 6.45) is 0. The van der Waals surface area contributed by atoms with E-state index < -0.39 is 11.8 Å². The monoisotopic (exact) mass is 353 g/mol. The molecule has 5 nitrogen and oxygen atoms in total. The van der Waals surface area contributed by atoms with E-state index in [1.165, 1.54) is 0 Å². The minimum atomic E-state index is -0.656. The molecule has 0 radical (unpaired) electrons. The van der Waals surface area contributed by atoms with Crippen molar-refractivity contribution in [1.29, 1.82) is 0 Å². The van der Waals surface area contributed by atoms with Crippen LogP contribution in [0.25, 0.3) is 0 Å². The number of nitrogens with zero attached hydrogens (tertiary/aromatic N) is 1. The van der Waals surface area contributed by atoms with Crippen molar-refractivity contribution >= 4 is 23.2 Å². The van der Waals surface area contributed by atoms with Crippen molar-refractivity contribution in [1.82, 2.24) is 5.32 Å². The number of carbonyl (C=O) groups is 2. The molecule has 0 fully saturated rings. The topological polar surface area (TPSA) is 61.4 Å². The highest BCUT2D eigenvalue weighted by Gasteiger charge is 2.15. The fourth-order valence-corrected chi connectivity index (χ4v) is 2.84. The molecule has 0 atom stereocenters. The second kappa shape index (κ2) is 9.04. The Morgan fingerprint density at radius 3 is 2.31 bits per heavy atom. The van der Waals surface area contributed by atoms with Crippen LogP contribution in [0.3, 0.4) is 0 Å². The average molecular weight is 353 g/mol. The van der Waals surface area contributed by atoms with Gasteiger partial charge in [-0.2, -0.15) is 0 Å². The molecule has 0 bridgehead atoms. The molecule has 0 heterocycles. The molecule has 2 rings (SSSR count). The summed E-state index contributed by atoms with van der Waals surface area (Å²) in [6.45, 7) is 10.3. The molecule has 2 aromatic rings. The summed E-state index contributed by atoms with van der Waals surface area (Å²) in [5, 5.41) is 5.34. The first-order valence-corrected chi connectivity index (χ1v) is 8.95. The van der Waals surface area contributed by atoms with E-state index in [4.69, 9.17) is 0 Å². The first-order valence-electron chi connectivity index (χ1n) is 8.95. The summed E-state index contributed by atoms with van der Waals surface area (Å²) in [7, 11) is 0. The second-order valence-electron chi connectivity index (χ2n) is 6.30. The van der Waals surface area contributed by atoms with Crippen molar-refractivity contribution in [3.05, 3.63) is 59.2 Å². The number of carbonyl (C=O) groups excluding carboxylic acids is 2. The Morgan fingerprint density at radius 2 is 1.69 bits per heavy atom. The number of nitrogens with one attached hydrogen (secondary N) is 2. The predicted octanol–water partition coefficient (Wildman–Crippen LogP) is 3.40. The zero-order valence-corrected chi connectivity index (χ0v) is 15.9. The summed E-state index contributed by atoms with van der Waals surface area (Å²) in [5.74, 6) is -1.30. The second-order valence-corrected chi connectivity index (χ2v) is 6.30. The molecule has 0 aliphatic carbocycles. The number of benzene rings is 2. The highest BCUT2D eigenvalue weighted by Crippen LogP contribution is 2.22. The maximum absolute atomic E-state index is 12.2. The van der Waals surface area contributed by atoms with Gasteiger partial charge >= 0.3 is 11.8 Å². The van der Waals surface area contributed by atoms with Crippen LogP contribution >= 0.6 is 0 Å². The van der Waals surface area contributed by atoms with Gasteiger partial charge in [0, 0.05) is 31.0 Å². The van der Waals surface area contributed by atoms with E-state index in [9.17, 15) is 9.59 Å². The molecule has 138 valence electrons. The molecule has 0 unspecified atom stereocenters. The lowest BCUT2D eigenvalue weighted by molar-refractivity contribution is -0.136. The van der Waals surface area contributed by atoms with Crippen molar-refractivity contribution in [2.24, 2.45) is 0 Å². The highest BCUT2D eigenvalue weighted by atomic mass is 16.2. The largest absolute Gasteiger partial charge is 0.372 e. The van der Waals surface area contributed by atoms with E-state index in [0.717, 1.165) is 35.5 Å². The van der Waals surface area contributed by atoms with E-state index in [2.05, 4.69) is 29.4 Å². The third-order valence-electron chi connectivity index (χ3n) is 4.33. The van der Waals surface area contributed by atoms with Gasteiger partial charge in [0.15, 0.2) is 0 Å². The first kappa shape index (κ1) is 19.5. The SMILES string of the molecule is CCN(CC)c1ccc(NC(=O)C(=O)NCc2cccc(C)c2)c(C)c1. The summed E-state index contributed by atoms with van der Waals surface area (Å²) in [4.78, 5) is 26.4. The van der Waals surface area contributed by atoms with Crippen LogP contribution in [-0.4, -0.2) is 24.9 Å². The van der Waals surface area contributed by atoms with E-state index in [-0.39, 0.29) is 0 Å². The molecule has 2 amide bonds. The van der Waals surface area contributed by atoms with Gasteiger partial charge in [-0.15, -0.1) is 0 Å². The van der Waals surface area contributed by atoms with Crippen molar-refractivity contribution in [3.8, 4) is 0 Å². The summed E-state index contributed by atoms with van der Waals surface area (Å²) < 4.78 is 0. The number of anilines is 2. The van der Waals surface area contributed by atoms with E-state index >= 15 is 0 Å². The number of amides is 2. The molecule has 0 saturated heterocycles. The normalized spacial score (nSPS) is 10.3. The summed E-state index contributed by atoms with van der Waals surface area (Å²) in [6, 6.07) is 13.6. The van der Waals surface area contributed by atoms with Crippen LogP contribution in [0.2, 0.25) is 0 Å². The molecule has 0 saturated carbocycles. The lowest BCUT2D eigenvalue weighted by Gasteiger charge is -2.22. The molecule has 0 aliphatic heterocycles. The van der Waals surface area contributed by atoms with Crippen LogP contribution in [0.15, 0.2) is 42.5 Å². The fourth-order valence-electron chi connectivity index (χ4n) is 2.84. The van der Waals surface area contributed by atoms with Crippen molar-refractivity contribution < 1.29 is 9.59 Å². The van der Waals surface area contributed by atoms with Gasteiger partial charge in [-0.05, 0) is 57.0 Å². The third kappa shape index (κ3) is 5.09. The van der Waals surface area contributed by atoms with Crippen LogP contribution < -0.4 is 15.5 Å². The summed E-state index contributed by atoms with van der Waals surface area (Å²) >= 11 is 0. The number of rotatable bonds is 6. The van der Waals surface area contributed by atoms with Crippen LogP contribution in [0.5, 0.6) is 0 Å². The lowest BCUT2D eigenvalue weighted by Crippen LogP contribution is -2.35. The predicted molar refractivity (Wildman–Crippen MR) is 106 cm³/mol.